The molecule has 10 nitrogen and oxygen atoms in total. The summed E-state index contributed by atoms with van der Waals surface area (Å²) < 4.78 is 12.8. The molecule has 0 unspecified atom stereocenters. The van der Waals surface area contributed by atoms with Crippen molar-refractivity contribution in [2.24, 2.45) is 5.73 Å². The van der Waals surface area contributed by atoms with Crippen LogP contribution in [0.5, 0.6) is 0 Å². The highest BCUT2D eigenvalue weighted by atomic mass is 16.5. The van der Waals surface area contributed by atoms with Crippen molar-refractivity contribution in [3.05, 3.63) is 90.0 Å². The molecule has 3 N–H and O–H groups in total. The number of imidazole rings is 1. The van der Waals surface area contributed by atoms with E-state index < -0.39 is 30.0 Å². The van der Waals surface area contributed by atoms with Crippen molar-refractivity contribution < 1.29 is 23.9 Å². The molecule has 3 aromatic rings. The maximum Gasteiger partial charge on any atom is 0.328 e. The zero-order valence-electron chi connectivity index (χ0n) is 22.1. The Morgan fingerprint density at radius 3 is 2.41 bits per heavy atom. The van der Waals surface area contributed by atoms with E-state index in [4.69, 9.17) is 15.2 Å². The molecule has 1 saturated heterocycles. The molecule has 206 valence electrons. The molecule has 1 aliphatic rings. The molecule has 0 bridgehead atoms. The summed E-state index contributed by atoms with van der Waals surface area (Å²) in [4.78, 5) is 44.3. The van der Waals surface area contributed by atoms with Gasteiger partial charge in [0.25, 0.3) is 0 Å². The quantitative estimate of drug-likeness (QED) is 0.342. The van der Waals surface area contributed by atoms with Gasteiger partial charge < -0.3 is 30.0 Å². The van der Waals surface area contributed by atoms with Crippen LogP contribution in [-0.4, -0.2) is 56.9 Å². The van der Waals surface area contributed by atoms with Gasteiger partial charge in [0.2, 0.25) is 11.8 Å². The average molecular weight is 534 g/mol. The van der Waals surface area contributed by atoms with Gasteiger partial charge in [-0.25, -0.2) is 9.78 Å². The molecule has 2 heterocycles. The van der Waals surface area contributed by atoms with Crippen LogP contribution in [0.2, 0.25) is 0 Å². The molecule has 1 aliphatic heterocycles. The van der Waals surface area contributed by atoms with Crippen LogP contribution in [0.1, 0.15) is 36.6 Å². The number of likely N-dealkylation sites (tertiary alicyclic amines) is 1. The second-order valence-electron chi connectivity index (χ2n) is 9.67. The Morgan fingerprint density at radius 1 is 1.05 bits per heavy atom. The van der Waals surface area contributed by atoms with Gasteiger partial charge in [-0.05, 0) is 30.9 Å². The molecular formula is C29H35N5O5. The highest BCUT2D eigenvalue weighted by Gasteiger charge is 2.37. The lowest BCUT2D eigenvalue weighted by atomic mass is 10.1. The predicted octanol–water partition coefficient (Wildman–Crippen LogP) is 2.17. The van der Waals surface area contributed by atoms with E-state index in [2.05, 4.69) is 10.3 Å². The number of rotatable bonds is 12. The Balaban J connectivity index is 1.23. The van der Waals surface area contributed by atoms with Crippen LogP contribution in [-0.2, 0) is 50.2 Å². The Bertz CT molecular complexity index is 1230. The third-order valence-corrected chi connectivity index (χ3v) is 6.56. The average Bonchev–Trinajstić information content (AvgIpc) is 3.62. The van der Waals surface area contributed by atoms with Gasteiger partial charge in [0.15, 0.2) is 0 Å². The fourth-order valence-corrected chi connectivity index (χ4v) is 4.48. The van der Waals surface area contributed by atoms with Crippen LogP contribution in [0, 0.1) is 0 Å². The Morgan fingerprint density at radius 2 is 1.72 bits per heavy atom. The molecule has 3 atom stereocenters. The highest BCUT2D eigenvalue weighted by Crippen LogP contribution is 2.19. The standard InChI is InChI=1S/C29H35N5O5/c1-21(29(37)39-18-23-11-6-3-7-12-23)32-27(35)26-13-8-14-34(26)28(36)25(30)15-24-16-33(19-31-24)20-38-17-22-9-4-2-5-10-22/h2-7,9-12,16,19,21,25-26H,8,13-15,17-18,20,30H2,1H3,(H,32,35)/t21-,25+,26+/m1/s1. The Labute approximate surface area is 228 Å². The first-order valence-electron chi connectivity index (χ1n) is 13.1. The number of benzene rings is 2. The summed E-state index contributed by atoms with van der Waals surface area (Å²) in [5.74, 6) is -1.25. The topological polar surface area (TPSA) is 129 Å². The minimum Gasteiger partial charge on any atom is -0.459 e. The number of amides is 2. The predicted molar refractivity (Wildman–Crippen MR) is 144 cm³/mol. The number of nitrogens with zero attached hydrogens (tertiary/aromatic N) is 3. The van der Waals surface area contributed by atoms with Crippen molar-refractivity contribution in [2.75, 3.05) is 6.54 Å². The first kappa shape index (κ1) is 28.0. The van der Waals surface area contributed by atoms with Crippen LogP contribution in [0.3, 0.4) is 0 Å². The smallest absolute Gasteiger partial charge is 0.328 e. The first-order chi connectivity index (χ1) is 18.9. The fourth-order valence-electron chi connectivity index (χ4n) is 4.48. The second-order valence-corrected chi connectivity index (χ2v) is 9.67. The molecule has 2 aromatic carbocycles. The normalized spacial score (nSPS) is 16.5. The van der Waals surface area contributed by atoms with E-state index in [-0.39, 0.29) is 18.9 Å². The van der Waals surface area contributed by atoms with Crippen molar-refractivity contribution in [1.29, 1.82) is 0 Å². The molecule has 0 radical (unpaired) electrons. The van der Waals surface area contributed by atoms with Crippen LogP contribution in [0.25, 0.3) is 0 Å². The van der Waals surface area contributed by atoms with Gasteiger partial charge in [-0.3, -0.25) is 9.59 Å². The molecule has 0 saturated carbocycles. The minimum atomic E-state index is -0.847. The summed E-state index contributed by atoms with van der Waals surface area (Å²) in [6.45, 7) is 2.93. The second kappa shape index (κ2) is 13.7. The maximum atomic E-state index is 13.1. The fraction of sp³-hybridized carbons (Fsp3) is 0.379. The molecule has 2 amide bonds. The lowest BCUT2D eigenvalue weighted by molar-refractivity contribution is -0.149. The maximum absolute atomic E-state index is 13.1. The zero-order chi connectivity index (χ0) is 27.6. The zero-order valence-corrected chi connectivity index (χ0v) is 22.1. The third kappa shape index (κ3) is 7.98. The molecule has 0 spiro atoms. The van der Waals surface area contributed by atoms with Crippen LogP contribution >= 0.6 is 0 Å². The number of hydrogen-bond donors (Lipinski definition) is 2. The van der Waals surface area contributed by atoms with Gasteiger partial charge >= 0.3 is 5.97 Å². The van der Waals surface area contributed by atoms with Gasteiger partial charge in [0.05, 0.1) is 24.7 Å². The molecule has 0 aliphatic carbocycles. The monoisotopic (exact) mass is 533 g/mol. The Kier molecular flexibility index (Phi) is 9.82. The lowest BCUT2D eigenvalue weighted by Crippen LogP contribution is -2.53. The molecule has 1 fully saturated rings. The summed E-state index contributed by atoms with van der Waals surface area (Å²) in [6, 6.07) is 16.8. The number of carbonyl (C=O) groups excluding carboxylic acids is 3. The highest BCUT2D eigenvalue weighted by molar-refractivity contribution is 5.92. The van der Waals surface area contributed by atoms with Crippen LogP contribution < -0.4 is 11.1 Å². The lowest BCUT2D eigenvalue weighted by Gasteiger charge is -2.27. The number of carbonyl (C=O) groups is 3. The summed E-state index contributed by atoms with van der Waals surface area (Å²) in [7, 11) is 0. The number of nitrogens with one attached hydrogen (secondary N) is 1. The van der Waals surface area contributed by atoms with Crippen molar-refractivity contribution in [1.82, 2.24) is 19.8 Å². The van der Waals surface area contributed by atoms with E-state index in [1.807, 2.05) is 60.7 Å². The summed E-state index contributed by atoms with van der Waals surface area (Å²) in [5.41, 5.74) is 8.84. The number of aromatic nitrogens is 2. The molecular weight excluding hydrogens is 498 g/mol. The summed E-state index contributed by atoms with van der Waals surface area (Å²) in [5, 5.41) is 2.69. The molecule has 10 heteroatoms. The summed E-state index contributed by atoms with van der Waals surface area (Å²) >= 11 is 0. The van der Waals surface area contributed by atoms with Gasteiger partial charge in [0, 0.05) is 19.2 Å². The third-order valence-electron chi connectivity index (χ3n) is 6.56. The largest absolute Gasteiger partial charge is 0.459 e. The van der Waals surface area contributed by atoms with Gasteiger partial charge in [-0.1, -0.05) is 60.7 Å². The van der Waals surface area contributed by atoms with E-state index in [9.17, 15) is 14.4 Å². The molecule has 39 heavy (non-hydrogen) atoms. The van der Waals surface area contributed by atoms with Crippen molar-refractivity contribution in [3.63, 3.8) is 0 Å². The van der Waals surface area contributed by atoms with Crippen molar-refractivity contribution in [2.45, 2.75) is 64.3 Å². The summed E-state index contributed by atoms with van der Waals surface area (Å²) in [6.07, 6.45) is 4.86. The van der Waals surface area contributed by atoms with E-state index in [1.165, 1.54) is 4.90 Å². The van der Waals surface area contributed by atoms with Crippen LogP contribution in [0.15, 0.2) is 73.2 Å². The Hall–Kier alpha value is -4.02. The minimum absolute atomic E-state index is 0.123. The van der Waals surface area contributed by atoms with E-state index in [0.717, 1.165) is 11.1 Å². The van der Waals surface area contributed by atoms with Crippen molar-refractivity contribution in [3.8, 4) is 0 Å². The first-order valence-corrected chi connectivity index (χ1v) is 13.1. The SMILES string of the molecule is C[C@@H](NC(=O)[C@@H]1CCCN1C(=O)[C@@H](N)Cc1cn(COCc2ccccc2)cn1)C(=O)OCc1ccccc1. The number of esters is 1. The number of hydrogen-bond acceptors (Lipinski definition) is 7. The van der Waals surface area contributed by atoms with Crippen molar-refractivity contribution >= 4 is 17.8 Å². The molecule has 4 rings (SSSR count). The van der Waals surface area contributed by atoms with Crippen LogP contribution in [0.4, 0.5) is 0 Å². The van der Waals surface area contributed by atoms with E-state index in [0.29, 0.717) is 38.4 Å². The van der Waals surface area contributed by atoms with Gasteiger partial charge in [0.1, 0.15) is 25.4 Å². The van der Waals surface area contributed by atoms with E-state index in [1.54, 1.807) is 24.0 Å². The number of nitrogens with two attached hydrogens (primary N) is 1. The van der Waals surface area contributed by atoms with Gasteiger partial charge in [-0.2, -0.15) is 0 Å². The molecule has 1 aromatic heterocycles. The van der Waals surface area contributed by atoms with Gasteiger partial charge in [-0.15, -0.1) is 0 Å². The number of ether oxygens (including phenoxy) is 2. The van der Waals surface area contributed by atoms with E-state index >= 15 is 0 Å².